The van der Waals surface area contributed by atoms with Gasteiger partial charge in [0.1, 0.15) is 5.58 Å². The van der Waals surface area contributed by atoms with Crippen LogP contribution in [0.15, 0.2) is 186 Å². The van der Waals surface area contributed by atoms with Crippen molar-refractivity contribution in [1.82, 2.24) is 19.5 Å². The number of nitrogens with zero attached hydrogens (tertiary/aromatic N) is 4. The summed E-state index contributed by atoms with van der Waals surface area (Å²) in [5.74, 6) is 1.86. The molecular weight excluding hydrogens is 717 g/mol. The zero-order chi connectivity index (χ0) is 37.5. The van der Waals surface area contributed by atoms with Gasteiger partial charge >= 0.3 is 0 Å². The lowest BCUT2D eigenvalue weighted by atomic mass is 10.0. The molecule has 8 aromatic carbocycles. The van der Waals surface area contributed by atoms with Crippen molar-refractivity contribution in [2.45, 2.75) is 0 Å². The summed E-state index contributed by atoms with van der Waals surface area (Å²) in [6, 6.07) is 63.7. The monoisotopic (exact) mass is 746 g/mol. The van der Waals surface area contributed by atoms with E-state index >= 15 is 0 Å². The Balaban J connectivity index is 1.06. The Hall–Kier alpha value is -7.41. The molecule has 6 heteroatoms. The Morgan fingerprint density at radius 3 is 1.81 bits per heavy atom. The normalized spacial score (nSPS) is 11.9. The second-order valence-corrected chi connectivity index (χ2v) is 15.5. The Morgan fingerprint density at radius 2 is 0.982 bits per heavy atom. The van der Waals surface area contributed by atoms with E-state index in [-0.39, 0.29) is 0 Å². The molecule has 266 valence electrons. The first-order chi connectivity index (χ1) is 28.2. The van der Waals surface area contributed by atoms with Gasteiger partial charge in [0.15, 0.2) is 23.1 Å². The second-order valence-electron chi connectivity index (χ2n) is 14.4. The van der Waals surface area contributed by atoms with E-state index < -0.39 is 0 Å². The highest BCUT2D eigenvalue weighted by atomic mass is 32.1. The molecule has 4 aromatic heterocycles. The van der Waals surface area contributed by atoms with Crippen LogP contribution < -0.4 is 0 Å². The minimum atomic E-state index is 0.604. The second kappa shape index (κ2) is 12.6. The van der Waals surface area contributed by atoms with Crippen molar-refractivity contribution >= 4 is 75.3 Å². The molecule has 0 N–H and O–H groups in total. The molecule has 4 heterocycles. The summed E-state index contributed by atoms with van der Waals surface area (Å²) in [6.45, 7) is 0. The van der Waals surface area contributed by atoms with Crippen LogP contribution in [0.4, 0.5) is 0 Å². The summed E-state index contributed by atoms with van der Waals surface area (Å²) in [4.78, 5) is 15.5. The Morgan fingerprint density at radius 1 is 0.386 bits per heavy atom. The molecule has 0 aliphatic heterocycles. The molecule has 0 spiro atoms. The number of para-hydroxylation sites is 2. The van der Waals surface area contributed by atoms with Gasteiger partial charge in [0.05, 0.1) is 11.0 Å². The highest BCUT2D eigenvalue weighted by Gasteiger charge is 2.20. The van der Waals surface area contributed by atoms with Crippen molar-refractivity contribution in [2.75, 3.05) is 0 Å². The number of furan rings is 1. The fraction of sp³-hybridized carbons (Fsp3) is 0. The third-order valence-corrected chi connectivity index (χ3v) is 12.2. The lowest BCUT2D eigenvalue weighted by Gasteiger charge is -2.10. The molecule has 5 nitrogen and oxygen atoms in total. The molecule has 0 saturated heterocycles. The minimum Gasteiger partial charge on any atom is -0.454 e. The zero-order valence-electron chi connectivity index (χ0n) is 30.4. The maximum atomic E-state index is 6.78. The highest BCUT2D eigenvalue weighted by Crippen LogP contribution is 2.42. The number of benzene rings is 8. The van der Waals surface area contributed by atoms with Crippen molar-refractivity contribution in [3.05, 3.63) is 182 Å². The van der Waals surface area contributed by atoms with Gasteiger partial charge in [0.25, 0.3) is 0 Å². The summed E-state index contributed by atoms with van der Waals surface area (Å²) in [6.07, 6.45) is 0. The van der Waals surface area contributed by atoms with Crippen molar-refractivity contribution in [2.24, 2.45) is 0 Å². The molecule has 0 amide bonds. The molecule has 12 rings (SSSR count). The summed E-state index contributed by atoms with van der Waals surface area (Å²) < 4.78 is 11.6. The molecule has 57 heavy (non-hydrogen) atoms. The lowest BCUT2D eigenvalue weighted by Crippen LogP contribution is -2.00. The summed E-state index contributed by atoms with van der Waals surface area (Å²) in [5.41, 5.74) is 9.96. The summed E-state index contributed by atoms with van der Waals surface area (Å²) in [5, 5.41) is 6.90. The molecule has 0 aliphatic rings. The quantitative estimate of drug-likeness (QED) is 0.176. The van der Waals surface area contributed by atoms with Crippen molar-refractivity contribution < 1.29 is 4.42 Å². The topological polar surface area (TPSA) is 56.7 Å². The smallest absolute Gasteiger partial charge is 0.164 e. The van der Waals surface area contributed by atoms with Crippen molar-refractivity contribution in [3.63, 3.8) is 0 Å². The Kier molecular flexibility index (Phi) is 7.03. The van der Waals surface area contributed by atoms with Gasteiger partial charge in [0.2, 0.25) is 0 Å². The molecule has 12 aromatic rings. The molecule has 0 radical (unpaired) electrons. The van der Waals surface area contributed by atoms with Crippen LogP contribution in [0, 0.1) is 0 Å². The number of rotatable bonds is 5. The maximum Gasteiger partial charge on any atom is 0.164 e. The van der Waals surface area contributed by atoms with Crippen LogP contribution in [0.25, 0.3) is 115 Å². The molecule has 0 unspecified atom stereocenters. The fourth-order valence-corrected chi connectivity index (χ4v) is 9.51. The van der Waals surface area contributed by atoms with Crippen LogP contribution >= 0.6 is 11.3 Å². The highest BCUT2D eigenvalue weighted by molar-refractivity contribution is 7.25. The predicted octanol–water partition coefficient (Wildman–Crippen LogP) is 13.9. The SMILES string of the molecule is c1ccc(-c2cccc(-c3nc(-c4ccc5c(c4)sc4ccccc45)nc(-c4ccc5oc6c(ccc7c8ccccc8n(-c8ccccc8)c76)c5c4)n3)c2)cc1. The van der Waals surface area contributed by atoms with Crippen LogP contribution in [0.1, 0.15) is 0 Å². The maximum absolute atomic E-state index is 6.78. The van der Waals surface area contributed by atoms with Gasteiger partial charge in [-0.15, -0.1) is 11.3 Å². The third-order valence-electron chi connectivity index (χ3n) is 11.0. The Bertz CT molecular complexity index is 3530. The predicted molar refractivity (Wildman–Crippen MR) is 236 cm³/mol. The van der Waals surface area contributed by atoms with Gasteiger partial charge in [-0.3, -0.25) is 0 Å². The first-order valence-electron chi connectivity index (χ1n) is 19.0. The molecule has 0 saturated carbocycles. The average molecular weight is 747 g/mol. The van der Waals surface area contributed by atoms with E-state index in [1.165, 1.54) is 25.6 Å². The van der Waals surface area contributed by atoms with Gasteiger partial charge in [0, 0.05) is 64.1 Å². The van der Waals surface area contributed by atoms with Crippen LogP contribution in [0.5, 0.6) is 0 Å². The van der Waals surface area contributed by atoms with E-state index in [1.54, 1.807) is 11.3 Å². The molecule has 0 atom stereocenters. The zero-order valence-corrected chi connectivity index (χ0v) is 31.2. The number of aromatic nitrogens is 4. The minimum absolute atomic E-state index is 0.604. The van der Waals surface area contributed by atoms with Crippen molar-refractivity contribution in [1.29, 1.82) is 0 Å². The van der Waals surface area contributed by atoms with Gasteiger partial charge in [-0.05, 0) is 71.8 Å². The largest absolute Gasteiger partial charge is 0.454 e. The molecule has 0 fully saturated rings. The summed E-state index contributed by atoms with van der Waals surface area (Å²) in [7, 11) is 0. The van der Waals surface area contributed by atoms with Gasteiger partial charge in [-0.25, -0.2) is 15.0 Å². The number of hydrogen-bond donors (Lipinski definition) is 0. The first-order valence-corrected chi connectivity index (χ1v) is 19.8. The first kappa shape index (κ1) is 31.9. The molecular formula is C51H30N4OS. The van der Waals surface area contributed by atoms with Crippen LogP contribution in [0.3, 0.4) is 0 Å². The van der Waals surface area contributed by atoms with E-state index in [1.807, 2.05) is 6.07 Å². The van der Waals surface area contributed by atoms with E-state index in [4.69, 9.17) is 19.4 Å². The average Bonchev–Trinajstić information content (AvgIpc) is 3.96. The standard InChI is InChI=1S/C51H30N4OS/c1-3-12-31(13-4-1)32-14-11-15-33(28-32)49-52-50(54-51(53-49)35-22-24-39-38-19-8-10-21-45(38)57-46(39)30-35)34-23-27-44-42(29-34)41-26-25-40-37-18-7-9-20-43(37)55(47(40)48(41)56-44)36-16-5-2-6-17-36/h1-30H. The summed E-state index contributed by atoms with van der Waals surface area (Å²) >= 11 is 1.79. The van der Waals surface area contributed by atoms with E-state index in [0.29, 0.717) is 17.5 Å². The molecule has 0 aliphatic carbocycles. The van der Waals surface area contributed by atoms with E-state index in [9.17, 15) is 0 Å². The number of hydrogen-bond acceptors (Lipinski definition) is 5. The molecule has 0 bridgehead atoms. The van der Waals surface area contributed by atoms with Gasteiger partial charge in [-0.2, -0.15) is 0 Å². The van der Waals surface area contributed by atoms with E-state index in [0.717, 1.165) is 71.9 Å². The fourth-order valence-electron chi connectivity index (χ4n) is 8.36. The van der Waals surface area contributed by atoms with Crippen molar-refractivity contribution in [3.8, 4) is 51.0 Å². The Labute approximate surface area is 330 Å². The van der Waals surface area contributed by atoms with Crippen LogP contribution in [-0.2, 0) is 0 Å². The number of thiophene rings is 1. The van der Waals surface area contributed by atoms with Crippen LogP contribution in [0.2, 0.25) is 0 Å². The van der Waals surface area contributed by atoms with E-state index in [2.05, 4.69) is 180 Å². The van der Waals surface area contributed by atoms with Gasteiger partial charge in [-0.1, -0.05) is 121 Å². The van der Waals surface area contributed by atoms with Gasteiger partial charge < -0.3 is 8.98 Å². The third kappa shape index (κ3) is 5.12. The number of fused-ring (bicyclic) bond motifs is 10. The van der Waals surface area contributed by atoms with Crippen LogP contribution in [-0.4, -0.2) is 19.5 Å². The lowest BCUT2D eigenvalue weighted by molar-refractivity contribution is 0.671.